The number of carbonyl (C=O) groups is 2. The maximum atomic E-state index is 11.8. The summed E-state index contributed by atoms with van der Waals surface area (Å²) in [6, 6.07) is 12.3. The molecule has 0 saturated heterocycles. The van der Waals surface area contributed by atoms with Gasteiger partial charge in [0.15, 0.2) is 0 Å². The van der Waals surface area contributed by atoms with E-state index in [-0.39, 0.29) is 0 Å². The molecule has 1 N–H and O–H groups in total. The fourth-order valence-electron chi connectivity index (χ4n) is 2.76. The quantitative estimate of drug-likeness (QED) is 0.779. The van der Waals surface area contributed by atoms with Crippen molar-refractivity contribution in [3.8, 4) is 5.75 Å². The smallest absolute Gasteiger partial charge is 0.337 e. The Morgan fingerprint density at radius 1 is 1.12 bits per heavy atom. The van der Waals surface area contributed by atoms with Gasteiger partial charge in [0.05, 0.1) is 25.2 Å². The average Bonchev–Trinajstić information content (AvgIpc) is 2.60. The first-order valence-electron chi connectivity index (χ1n) is 8.09. The highest BCUT2D eigenvalue weighted by atomic mass is 16.5. The van der Waals surface area contributed by atoms with E-state index < -0.39 is 17.9 Å². The maximum Gasteiger partial charge on any atom is 0.337 e. The number of methoxy groups -OCH3 is 1. The standard InChI is InChI=1S/C20H22O5/c1-4-25-16-9-10-17(13(2)11-16)18(19(21)22)12-14-5-7-15(8-6-14)20(23)24-3/h5-11,18H,4,12H2,1-3H3,(H,21,22). The van der Waals surface area contributed by atoms with Crippen LogP contribution in [-0.2, 0) is 16.0 Å². The van der Waals surface area contributed by atoms with Gasteiger partial charge in [0.2, 0.25) is 0 Å². The zero-order valence-corrected chi connectivity index (χ0v) is 14.6. The van der Waals surface area contributed by atoms with Gasteiger partial charge in [0.1, 0.15) is 5.75 Å². The van der Waals surface area contributed by atoms with E-state index in [2.05, 4.69) is 4.74 Å². The molecular weight excluding hydrogens is 320 g/mol. The molecule has 0 bridgehead atoms. The Bertz CT molecular complexity index is 749. The molecule has 25 heavy (non-hydrogen) atoms. The SMILES string of the molecule is CCOc1ccc(C(Cc2ccc(C(=O)OC)cc2)C(=O)O)c(C)c1. The largest absolute Gasteiger partial charge is 0.494 e. The molecule has 0 fully saturated rings. The highest BCUT2D eigenvalue weighted by Gasteiger charge is 2.22. The molecule has 0 amide bonds. The molecule has 2 aromatic rings. The number of carboxylic acids is 1. The summed E-state index contributed by atoms with van der Waals surface area (Å²) >= 11 is 0. The van der Waals surface area contributed by atoms with Crippen LogP contribution < -0.4 is 4.74 Å². The van der Waals surface area contributed by atoms with Gasteiger partial charge in [-0.05, 0) is 61.2 Å². The van der Waals surface area contributed by atoms with Gasteiger partial charge in [-0.1, -0.05) is 18.2 Å². The molecule has 2 aromatic carbocycles. The third-order valence-corrected chi connectivity index (χ3v) is 4.04. The topological polar surface area (TPSA) is 72.8 Å². The van der Waals surface area contributed by atoms with Crippen molar-refractivity contribution in [2.45, 2.75) is 26.2 Å². The number of carbonyl (C=O) groups excluding carboxylic acids is 1. The van der Waals surface area contributed by atoms with Gasteiger partial charge in [0, 0.05) is 0 Å². The third kappa shape index (κ3) is 4.59. The minimum atomic E-state index is -0.885. The highest BCUT2D eigenvalue weighted by Crippen LogP contribution is 2.27. The number of hydrogen-bond acceptors (Lipinski definition) is 4. The molecule has 0 spiro atoms. The van der Waals surface area contributed by atoms with Crippen LogP contribution in [0.25, 0.3) is 0 Å². The van der Waals surface area contributed by atoms with E-state index in [1.165, 1.54) is 7.11 Å². The second-order valence-electron chi connectivity index (χ2n) is 5.73. The summed E-state index contributed by atoms with van der Waals surface area (Å²) in [6.45, 7) is 4.35. The number of hydrogen-bond donors (Lipinski definition) is 1. The summed E-state index contributed by atoms with van der Waals surface area (Å²) in [5.41, 5.74) is 2.92. The Labute approximate surface area is 147 Å². The minimum absolute atomic E-state index is 0.339. The summed E-state index contributed by atoms with van der Waals surface area (Å²) in [7, 11) is 1.32. The molecule has 2 rings (SSSR count). The first-order chi connectivity index (χ1) is 12.0. The fraction of sp³-hybridized carbons (Fsp3) is 0.300. The number of aliphatic carboxylic acids is 1. The molecule has 1 atom stereocenters. The lowest BCUT2D eigenvalue weighted by atomic mass is 9.89. The van der Waals surface area contributed by atoms with Crippen molar-refractivity contribution in [3.05, 3.63) is 64.7 Å². The zero-order valence-electron chi connectivity index (χ0n) is 14.6. The van der Waals surface area contributed by atoms with Crippen LogP contribution in [0.3, 0.4) is 0 Å². The van der Waals surface area contributed by atoms with Crippen molar-refractivity contribution in [3.63, 3.8) is 0 Å². The van der Waals surface area contributed by atoms with E-state index in [4.69, 9.17) is 4.74 Å². The molecule has 5 nitrogen and oxygen atoms in total. The highest BCUT2D eigenvalue weighted by molar-refractivity contribution is 5.89. The molecule has 0 radical (unpaired) electrons. The minimum Gasteiger partial charge on any atom is -0.494 e. The van der Waals surface area contributed by atoms with Gasteiger partial charge in [-0.2, -0.15) is 0 Å². The predicted molar refractivity (Wildman–Crippen MR) is 94.2 cm³/mol. The number of carboxylic acid groups (broad SMARTS) is 1. The van der Waals surface area contributed by atoms with Gasteiger partial charge >= 0.3 is 11.9 Å². The van der Waals surface area contributed by atoms with Crippen molar-refractivity contribution in [2.24, 2.45) is 0 Å². The van der Waals surface area contributed by atoms with Crippen LogP contribution in [0.2, 0.25) is 0 Å². The molecular formula is C20H22O5. The van der Waals surface area contributed by atoms with Crippen LogP contribution in [0.4, 0.5) is 0 Å². The number of ether oxygens (including phenoxy) is 2. The third-order valence-electron chi connectivity index (χ3n) is 4.04. The van der Waals surface area contributed by atoms with E-state index in [1.54, 1.807) is 30.3 Å². The van der Waals surface area contributed by atoms with Gasteiger partial charge in [-0.25, -0.2) is 4.79 Å². The van der Waals surface area contributed by atoms with Gasteiger partial charge < -0.3 is 14.6 Å². The van der Waals surface area contributed by atoms with Crippen LogP contribution in [0, 0.1) is 6.92 Å². The van der Waals surface area contributed by atoms with Crippen molar-refractivity contribution in [2.75, 3.05) is 13.7 Å². The van der Waals surface area contributed by atoms with E-state index in [0.717, 1.165) is 22.4 Å². The van der Waals surface area contributed by atoms with Crippen molar-refractivity contribution >= 4 is 11.9 Å². The van der Waals surface area contributed by atoms with Crippen LogP contribution in [-0.4, -0.2) is 30.8 Å². The van der Waals surface area contributed by atoms with E-state index in [9.17, 15) is 14.7 Å². The van der Waals surface area contributed by atoms with Crippen LogP contribution in [0.5, 0.6) is 5.75 Å². The molecule has 0 aliphatic carbocycles. The normalized spacial score (nSPS) is 11.6. The lowest BCUT2D eigenvalue weighted by molar-refractivity contribution is -0.138. The first kappa shape index (κ1) is 18.5. The summed E-state index contributed by atoms with van der Waals surface area (Å²) in [5.74, 6) is -1.23. The molecule has 0 aliphatic heterocycles. The van der Waals surface area contributed by atoms with Gasteiger partial charge in [-0.15, -0.1) is 0 Å². The lowest BCUT2D eigenvalue weighted by Crippen LogP contribution is -2.16. The second-order valence-corrected chi connectivity index (χ2v) is 5.73. The molecule has 132 valence electrons. The van der Waals surface area contributed by atoms with Crippen LogP contribution in [0.1, 0.15) is 39.9 Å². The van der Waals surface area contributed by atoms with Gasteiger partial charge in [-0.3, -0.25) is 4.79 Å². The van der Waals surface area contributed by atoms with E-state index in [1.807, 2.05) is 26.0 Å². The first-order valence-corrected chi connectivity index (χ1v) is 8.09. The summed E-state index contributed by atoms with van der Waals surface area (Å²) < 4.78 is 10.1. The molecule has 0 saturated carbocycles. The van der Waals surface area contributed by atoms with Crippen LogP contribution in [0.15, 0.2) is 42.5 Å². The Morgan fingerprint density at radius 3 is 2.32 bits per heavy atom. The summed E-state index contributed by atoms with van der Waals surface area (Å²) in [6.07, 6.45) is 0.339. The summed E-state index contributed by atoms with van der Waals surface area (Å²) in [5, 5.41) is 9.66. The Kier molecular flexibility index (Phi) is 6.17. The predicted octanol–water partition coefficient (Wildman–Crippen LogP) is 3.59. The maximum absolute atomic E-state index is 11.8. The lowest BCUT2D eigenvalue weighted by Gasteiger charge is -2.17. The van der Waals surface area contributed by atoms with Crippen LogP contribution >= 0.6 is 0 Å². The summed E-state index contributed by atoms with van der Waals surface area (Å²) in [4.78, 5) is 23.3. The fourth-order valence-corrected chi connectivity index (χ4v) is 2.76. The molecule has 5 heteroatoms. The van der Waals surface area contributed by atoms with Crippen molar-refractivity contribution in [1.29, 1.82) is 0 Å². The number of aryl methyl sites for hydroxylation is 1. The molecule has 0 aromatic heterocycles. The average molecular weight is 342 g/mol. The van der Waals surface area contributed by atoms with Gasteiger partial charge in [0.25, 0.3) is 0 Å². The van der Waals surface area contributed by atoms with E-state index in [0.29, 0.717) is 18.6 Å². The van der Waals surface area contributed by atoms with E-state index >= 15 is 0 Å². The Morgan fingerprint density at radius 2 is 1.80 bits per heavy atom. The second kappa shape index (κ2) is 8.33. The van der Waals surface area contributed by atoms with Crippen molar-refractivity contribution in [1.82, 2.24) is 0 Å². The monoisotopic (exact) mass is 342 g/mol. The zero-order chi connectivity index (χ0) is 18.4. The number of benzene rings is 2. The molecule has 0 aliphatic rings. The van der Waals surface area contributed by atoms with Crippen molar-refractivity contribution < 1.29 is 24.2 Å². The molecule has 1 unspecified atom stereocenters. The number of esters is 1. The Balaban J connectivity index is 2.24. The number of rotatable bonds is 7. The molecule has 0 heterocycles. The Hall–Kier alpha value is -2.82.